The van der Waals surface area contributed by atoms with E-state index < -0.39 is 0 Å². The van der Waals surface area contributed by atoms with Crippen LogP contribution in [-0.2, 0) is 6.42 Å². The smallest absolute Gasteiger partial charge is 0.114 e. The number of aryl methyl sites for hydroxylation is 1. The summed E-state index contributed by atoms with van der Waals surface area (Å²) in [7, 11) is 0. The average molecular weight is 780 g/mol. The number of fused-ring (bicyclic) bond motifs is 4. The number of pyridine rings is 1. The predicted molar refractivity (Wildman–Crippen MR) is 256 cm³/mol. The maximum Gasteiger partial charge on any atom is 0.114 e. The Hall–Kier alpha value is -7.88. The molecule has 9 aromatic carbocycles. The highest BCUT2D eigenvalue weighted by atomic mass is 15.1. The van der Waals surface area contributed by atoms with Crippen molar-refractivity contribution in [2.45, 2.75) is 13.3 Å². The topological polar surface area (TPSA) is 30.7 Å². The molecule has 0 radical (unpaired) electrons. The van der Waals surface area contributed by atoms with Crippen LogP contribution in [0, 0.1) is 0 Å². The van der Waals surface area contributed by atoms with E-state index in [0.29, 0.717) is 0 Å². The van der Waals surface area contributed by atoms with Gasteiger partial charge in [0, 0.05) is 23.2 Å². The second-order valence-corrected chi connectivity index (χ2v) is 15.6. The molecular formula is C58H41N3. The molecule has 288 valence electrons. The van der Waals surface area contributed by atoms with Crippen molar-refractivity contribution in [1.29, 1.82) is 0 Å². The van der Waals surface area contributed by atoms with Crippen LogP contribution in [0.25, 0.3) is 105 Å². The Balaban J connectivity index is 1.18. The number of imidazole rings is 1. The third-order valence-electron chi connectivity index (χ3n) is 11.9. The van der Waals surface area contributed by atoms with Crippen LogP contribution >= 0.6 is 0 Å². The molecule has 0 aliphatic rings. The van der Waals surface area contributed by atoms with Gasteiger partial charge in [0.15, 0.2) is 0 Å². The highest BCUT2D eigenvalue weighted by molar-refractivity contribution is 6.14. The standard InChI is InChI=1S/C58H41N3/c1-2-58-60-54-27-15-16-28-57(54)61(58)47-34-44(53-36-43-21-9-10-23-49(43)51-25-13-14-26-52(51)53)33-46(35-47)56-38-45(50-24-12-11-22-48(50)41-19-7-4-8-20-41)37-55(59-56)42-31-29-40(30-32-42)39-17-5-3-6-18-39/h3-38H,2H2,1H3. The van der Waals surface area contributed by atoms with Crippen LogP contribution < -0.4 is 0 Å². The zero-order valence-electron chi connectivity index (χ0n) is 33.8. The Labute approximate surface area is 355 Å². The number of para-hydroxylation sites is 2. The lowest BCUT2D eigenvalue weighted by molar-refractivity contribution is 0.908. The number of hydrogen-bond donors (Lipinski definition) is 0. The van der Waals surface area contributed by atoms with Gasteiger partial charge in [0.1, 0.15) is 5.82 Å². The van der Waals surface area contributed by atoms with Crippen LogP contribution in [-0.4, -0.2) is 14.5 Å². The normalized spacial score (nSPS) is 11.4. The minimum absolute atomic E-state index is 0.792. The van der Waals surface area contributed by atoms with Gasteiger partial charge in [-0.05, 0) is 115 Å². The molecule has 2 aromatic heterocycles. The van der Waals surface area contributed by atoms with Crippen molar-refractivity contribution < 1.29 is 0 Å². The molecule has 3 nitrogen and oxygen atoms in total. The van der Waals surface area contributed by atoms with Gasteiger partial charge in [0.05, 0.1) is 22.4 Å². The minimum atomic E-state index is 0.792. The van der Waals surface area contributed by atoms with Crippen molar-refractivity contribution in [2.24, 2.45) is 0 Å². The van der Waals surface area contributed by atoms with Crippen molar-refractivity contribution in [3.63, 3.8) is 0 Å². The van der Waals surface area contributed by atoms with Gasteiger partial charge in [-0.3, -0.25) is 4.57 Å². The number of benzene rings is 9. The van der Waals surface area contributed by atoms with Crippen molar-refractivity contribution in [2.75, 3.05) is 0 Å². The molecule has 0 saturated heterocycles. The van der Waals surface area contributed by atoms with Crippen LogP contribution in [0.1, 0.15) is 12.7 Å². The lowest BCUT2D eigenvalue weighted by Crippen LogP contribution is -2.02. The molecule has 61 heavy (non-hydrogen) atoms. The van der Waals surface area contributed by atoms with Crippen LogP contribution in [0.2, 0.25) is 0 Å². The van der Waals surface area contributed by atoms with E-state index in [1.54, 1.807) is 0 Å². The Bertz CT molecular complexity index is 3380. The third-order valence-corrected chi connectivity index (χ3v) is 11.9. The molecule has 0 bridgehead atoms. The molecule has 2 heterocycles. The lowest BCUT2D eigenvalue weighted by Gasteiger charge is -2.18. The van der Waals surface area contributed by atoms with Crippen molar-refractivity contribution in [3.8, 4) is 72.7 Å². The van der Waals surface area contributed by atoms with Crippen molar-refractivity contribution >= 4 is 32.6 Å². The number of rotatable bonds is 8. The van der Waals surface area contributed by atoms with E-state index in [0.717, 1.165) is 68.2 Å². The van der Waals surface area contributed by atoms with E-state index >= 15 is 0 Å². The molecule has 3 heteroatoms. The molecule has 0 saturated carbocycles. The van der Waals surface area contributed by atoms with Gasteiger partial charge in [-0.15, -0.1) is 0 Å². The predicted octanol–water partition coefficient (Wildman–Crippen LogP) is 15.3. The summed E-state index contributed by atoms with van der Waals surface area (Å²) in [6.07, 6.45) is 0.792. The van der Waals surface area contributed by atoms with E-state index in [9.17, 15) is 0 Å². The van der Waals surface area contributed by atoms with Crippen molar-refractivity contribution in [1.82, 2.24) is 14.5 Å². The van der Waals surface area contributed by atoms with Crippen LogP contribution in [0.15, 0.2) is 218 Å². The molecule has 0 fully saturated rings. The largest absolute Gasteiger partial charge is 0.296 e. The van der Waals surface area contributed by atoms with Gasteiger partial charge in [-0.1, -0.05) is 177 Å². The zero-order valence-corrected chi connectivity index (χ0v) is 33.8. The van der Waals surface area contributed by atoms with Gasteiger partial charge >= 0.3 is 0 Å². The summed E-state index contributed by atoms with van der Waals surface area (Å²) in [6, 6.07) is 78.6. The Kier molecular flexibility index (Phi) is 9.13. The summed E-state index contributed by atoms with van der Waals surface area (Å²) in [6.45, 7) is 2.18. The molecule has 0 N–H and O–H groups in total. The fourth-order valence-corrected chi connectivity index (χ4v) is 8.99. The Morgan fingerprint density at radius 3 is 1.66 bits per heavy atom. The van der Waals surface area contributed by atoms with Gasteiger partial charge in [-0.25, -0.2) is 9.97 Å². The quantitative estimate of drug-likeness (QED) is 0.144. The number of aromatic nitrogens is 3. The maximum absolute atomic E-state index is 5.55. The second kappa shape index (κ2) is 15.4. The van der Waals surface area contributed by atoms with E-state index in [1.807, 2.05) is 0 Å². The van der Waals surface area contributed by atoms with E-state index in [2.05, 4.69) is 230 Å². The first-order valence-corrected chi connectivity index (χ1v) is 21.0. The minimum Gasteiger partial charge on any atom is -0.296 e. The summed E-state index contributed by atoms with van der Waals surface area (Å²) in [5.74, 6) is 1.02. The monoisotopic (exact) mass is 779 g/mol. The van der Waals surface area contributed by atoms with Gasteiger partial charge < -0.3 is 0 Å². The maximum atomic E-state index is 5.55. The SMILES string of the molecule is CCc1nc2ccccc2n1-c1cc(-c2cc(-c3ccccc3-c3ccccc3)cc(-c3ccc(-c4ccccc4)cc3)n2)cc(-c2cc3ccccc3c3ccccc23)c1. The van der Waals surface area contributed by atoms with Crippen molar-refractivity contribution in [3.05, 3.63) is 224 Å². The number of hydrogen-bond acceptors (Lipinski definition) is 2. The summed E-state index contributed by atoms with van der Waals surface area (Å²) in [4.78, 5) is 10.7. The van der Waals surface area contributed by atoms with Crippen LogP contribution in [0.5, 0.6) is 0 Å². The molecule has 0 atom stereocenters. The van der Waals surface area contributed by atoms with E-state index in [1.165, 1.54) is 49.4 Å². The molecule has 0 spiro atoms. The van der Waals surface area contributed by atoms with E-state index in [4.69, 9.17) is 9.97 Å². The van der Waals surface area contributed by atoms with Gasteiger partial charge in [0.25, 0.3) is 0 Å². The molecule has 0 aliphatic carbocycles. The second-order valence-electron chi connectivity index (χ2n) is 15.6. The van der Waals surface area contributed by atoms with Gasteiger partial charge in [-0.2, -0.15) is 0 Å². The molecular weight excluding hydrogens is 739 g/mol. The summed E-state index contributed by atoms with van der Waals surface area (Å²) in [5, 5.41) is 4.92. The highest BCUT2D eigenvalue weighted by Crippen LogP contribution is 2.41. The van der Waals surface area contributed by atoms with Crippen LogP contribution in [0.4, 0.5) is 0 Å². The summed E-state index contributed by atoms with van der Waals surface area (Å²) >= 11 is 0. The fourth-order valence-electron chi connectivity index (χ4n) is 8.99. The Morgan fingerprint density at radius 2 is 0.902 bits per heavy atom. The summed E-state index contributed by atoms with van der Waals surface area (Å²) in [5.41, 5.74) is 16.3. The highest BCUT2D eigenvalue weighted by Gasteiger charge is 2.19. The Morgan fingerprint density at radius 1 is 0.361 bits per heavy atom. The molecule has 0 unspecified atom stereocenters. The first-order chi connectivity index (χ1) is 30.2. The third kappa shape index (κ3) is 6.67. The summed E-state index contributed by atoms with van der Waals surface area (Å²) < 4.78 is 2.34. The molecule has 11 aromatic rings. The zero-order chi connectivity index (χ0) is 40.7. The lowest BCUT2D eigenvalue weighted by atomic mass is 9.90. The van der Waals surface area contributed by atoms with Crippen LogP contribution in [0.3, 0.4) is 0 Å². The first kappa shape index (κ1) is 36.2. The average Bonchev–Trinajstić information content (AvgIpc) is 3.73. The van der Waals surface area contributed by atoms with E-state index in [-0.39, 0.29) is 0 Å². The fraction of sp³-hybridized carbons (Fsp3) is 0.0345. The number of nitrogens with zero attached hydrogens (tertiary/aromatic N) is 3. The molecule has 11 rings (SSSR count). The molecule has 0 amide bonds. The first-order valence-electron chi connectivity index (χ1n) is 21.0. The van der Waals surface area contributed by atoms with Gasteiger partial charge in [0.2, 0.25) is 0 Å². The molecule has 0 aliphatic heterocycles.